The lowest BCUT2D eigenvalue weighted by Gasteiger charge is -2.34. The zero-order valence-corrected chi connectivity index (χ0v) is 21.1. The molecule has 0 bridgehead atoms. The molecule has 1 saturated carbocycles. The third kappa shape index (κ3) is 5.40. The number of amides is 1. The largest absolute Gasteiger partial charge is 0.480 e. The van der Waals surface area contributed by atoms with E-state index in [-0.39, 0.29) is 23.2 Å². The van der Waals surface area contributed by atoms with E-state index in [1.807, 2.05) is 17.9 Å². The molecule has 1 amide bonds. The standard InChI is InChI=1S/C26H30FN5O6/c1-16-15-32(13-14-37-16)20-4-2-3-19(29-20)30-23(33)17-5-6-18(21(24(34)35)25(36)38-27)28-22(17)31-11-9-26(7-8-26)10-12-31/h2-6,16,21H,7-15H2,1H3,(H,34,35)(H,29,30,33)/t16-,21?/m1/s1. The Morgan fingerprint density at radius 1 is 1.11 bits per heavy atom. The third-order valence-corrected chi connectivity index (χ3v) is 7.62. The summed E-state index contributed by atoms with van der Waals surface area (Å²) in [5.41, 5.74) is 0.338. The lowest BCUT2D eigenvalue weighted by atomic mass is 9.93. The van der Waals surface area contributed by atoms with Crippen LogP contribution in [0.25, 0.3) is 0 Å². The summed E-state index contributed by atoms with van der Waals surface area (Å²) in [5, 5.41) is 12.3. The Labute approximate surface area is 218 Å². The van der Waals surface area contributed by atoms with E-state index < -0.39 is 23.8 Å². The van der Waals surface area contributed by atoms with Crippen LogP contribution in [0.4, 0.5) is 22.0 Å². The van der Waals surface area contributed by atoms with E-state index in [1.165, 1.54) is 25.0 Å². The predicted octanol–water partition coefficient (Wildman–Crippen LogP) is 2.93. The number of hydrogen-bond donors (Lipinski definition) is 2. The van der Waals surface area contributed by atoms with Crippen LogP contribution >= 0.6 is 0 Å². The molecule has 1 unspecified atom stereocenters. The summed E-state index contributed by atoms with van der Waals surface area (Å²) in [6, 6.07) is 8.00. The first-order chi connectivity index (χ1) is 18.3. The summed E-state index contributed by atoms with van der Waals surface area (Å²) in [7, 11) is 0. The van der Waals surface area contributed by atoms with Crippen LogP contribution in [0, 0.1) is 5.41 Å². The van der Waals surface area contributed by atoms with Gasteiger partial charge < -0.3 is 25.0 Å². The molecule has 0 aromatic carbocycles. The Hall–Kier alpha value is -3.80. The highest BCUT2D eigenvalue weighted by Crippen LogP contribution is 2.54. The first-order valence-electron chi connectivity index (χ1n) is 12.7. The maximum absolute atomic E-state index is 13.4. The number of carbonyl (C=O) groups excluding carboxylic acids is 2. The quantitative estimate of drug-likeness (QED) is 0.518. The number of piperidine rings is 1. The molecule has 2 aromatic heterocycles. The van der Waals surface area contributed by atoms with Crippen molar-refractivity contribution >= 4 is 35.3 Å². The number of nitrogens with zero attached hydrogens (tertiary/aromatic N) is 4. The second-order valence-corrected chi connectivity index (χ2v) is 10.2. The average Bonchev–Trinajstić information content (AvgIpc) is 3.67. The number of carboxylic acid groups (broad SMARTS) is 1. The van der Waals surface area contributed by atoms with Crippen LogP contribution in [-0.2, 0) is 19.3 Å². The molecule has 0 radical (unpaired) electrons. The van der Waals surface area contributed by atoms with Crippen LogP contribution in [0.5, 0.6) is 0 Å². The van der Waals surface area contributed by atoms with Gasteiger partial charge in [0.15, 0.2) is 5.92 Å². The van der Waals surface area contributed by atoms with Crippen molar-refractivity contribution in [3.8, 4) is 0 Å². The number of halogens is 1. The number of nitrogens with one attached hydrogen (secondary N) is 1. The Morgan fingerprint density at radius 3 is 2.53 bits per heavy atom. The van der Waals surface area contributed by atoms with E-state index in [2.05, 4.69) is 25.1 Å². The number of aromatic nitrogens is 2. The van der Waals surface area contributed by atoms with E-state index in [0.717, 1.165) is 12.8 Å². The molecule has 2 N–H and O–H groups in total. The topological polar surface area (TPSA) is 134 Å². The van der Waals surface area contributed by atoms with E-state index >= 15 is 0 Å². The fraction of sp³-hybridized carbons (Fsp3) is 0.500. The molecule has 2 saturated heterocycles. The number of rotatable bonds is 7. The van der Waals surface area contributed by atoms with E-state index in [9.17, 15) is 24.0 Å². The Bertz CT molecular complexity index is 1230. The second kappa shape index (κ2) is 10.5. The maximum atomic E-state index is 13.4. The summed E-state index contributed by atoms with van der Waals surface area (Å²) in [6.07, 6.45) is 4.27. The number of carbonyl (C=O) groups is 3. The molecule has 3 fully saturated rings. The van der Waals surface area contributed by atoms with Crippen LogP contribution in [0.15, 0.2) is 30.3 Å². The maximum Gasteiger partial charge on any atom is 0.369 e. The van der Waals surface area contributed by atoms with Crippen molar-refractivity contribution in [2.24, 2.45) is 5.41 Å². The fourth-order valence-electron chi connectivity index (χ4n) is 5.18. The molecular formula is C26H30FN5O6. The van der Waals surface area contributed by atoms with Crippen molar-refractivity contribution in [1.29, 1.82) is 0 Å². The van der Waals surface area contributed by atoms with Gasteiger partial charge in [-0.15, -0.1) is 0 Å². The minimum Gasteiger partial charge on any atom is -0.480 e. The van der Waals surface area contributed by atoms with E-state index in [1.54, 1.807) is 12.1 Å². The van der Waals surface area contributed by atoms with Gasteiger partial charge in [-0.3, -0.25) is 14.5 Å². The molecule has 1 spiro atoms. The zero-order chi connectivity index (χ0) is 26.9. The number of anilines is 3. The van der Waals surface area contributed by atoms with Crippen LogP contribution in [0.1, 0.15) is 54.6 Å². The number of pyridine rings is 2. The van der Waals surface area contributed by atoms with Gasteiger partial charge >= 0.3 is 11.9 Å². The van der Waals surface area contributed by atoms with Gasteiger partial charge in [0.2, 0.25) is 0 Å². The second-order valence-electron chi connectivity index (χ2n) is 10.2. The molecule has 2 atom stereocenters. The molecule has 2 aliphatic heterocycles. The minimum atomic E-state index is -1.95. The van der Waals surface area contributed by atoms with Crippen LogP contribution in [0.2, 0.25) is 0 Å². The van der Waals surface area contributed by atoms with Gasteiger partial charge in [-0.1, -0.05) is 6.07 Å². The molecule has 1 aliphatic carbocycles. The number of hydrogen-bond acceptors (Lipinski definition) is 9. The molecular weight excluding hydrogens is 497 g/mol. The van der Waals surface area contributed by atoms with Crippen molar-refractivity contribution < 1.29 is 33.7 Å². The van der Waals surface area contributed by atoms with E-state index in [0.29, 0.717) is 49.8 Å². The van der Waals surface area contributed by atoms with Crippen molar-refractivity contribution in [2.45, 2.75) is 44.6 Å². The Kier molecular flexibility index (Phi) is 7.15. The third-order valence-electron chi connectivity index (χ3n) is 7.62. The first-order valence-corrected chi connectivity index (χ1v) is 12.7. The SMILES string of the molecule is C[C@@H]1CN(c2cccc(NC(=O)c3ccc(C(C(=O)O)C(=O)OF)nc3N3CCC4(CC3)CC4)n2)CCO1. The molecule has 5 rings (SSSR count). The monoisotopic (exact) mass is 527 g/mol. The van der Waals surface area contributed by atoms with Gasteiger partial charge in [-0.2, -0.15) is 0 Å². The highest BCUT2D eigenvalue weighted by Gasteiger charge is 2.45. The van der Waals surface area contributed by atoms with Crippen LogP contribution in [-0.4, -0.2) is 71.8 Å². The smallest absolute Gasteiger partial charge is 0.369 e. The minimum absolute atomic E-state index is 0.0690. The summed E-state index contributed by atoms with van der Waals surface area (Å²) in [5.74, 6) is -4.31. The number of aliphatic carboxylic acids is 1. The predicted molar refractivity (Wildman–Crippen MR) is 135 cm³/mol. The lowest BCUT2D eigenvalue weighted by Crippen LogP contribution is -2.41. The van der Waals surface area contributed by atoms with Gasteiger partial charge in [0.1, 0.15) is 17.5 Å². The van der Waals surface area contributed by atoms with Crippen molar-refractivity contribution in [3.63, 3.8) is 0 Å². The van der Waals surface area contributed by atoms with Crippen LogP contribution < -0.4 is 15.1 Å². The van der Waals surface area contributed by atoms with E-state index in [4.69, 9.17) is 4.74 Å². The van der Waals surface area contributed by atoms with Crippen molar-refractivity contribution in [3.05, 3.63) is 41.6 Å². The lowest BCUT2D eigenvalue weighted by molar-refractivity contribution is -0.188. The molecule has 2 aromatic rings. The number of carboxylic acids is 1. The van der Waals surface area contributed by atoms with Gasteiger partial charge in [-0.25, -0.2) is 14.8 Å². The molecule has 11 nitrogen and oxygen atoms in total. The highest BCUT2D eigenvalue weighted by molar-refractivity contribution is 6.07. The van der Waals surface area contributed by atoms with Gasteiger partial charge in [0, 0.05) is 30.7 Å². The normalized spacial score (nSPS) is 21.1. The first kappa shape index (κ1) is 25.8. The van der Waals surface area contributed by atoms with Gasteiger partial charge in [0.25, 0.3) is 5.91 Å². The summed E-state index contributed by atoms with van der Waals surface area (Å²) in [4.78, 5) is 53.2. The molecule has 12 heteroatoms. The number of morpholine rings is 1. The highest BCUT2D eigenvalue weighted by atomic mass is 19.3. The fourth-order valence-corrected chi connectivity index (χ4v) is 5.18. The van der Waals surface area contributed by atoms with Crippen molar-refractivity contribution in [1.82, 2.24) is 9.97 Å². The zero-order valence-electron chi connectivity index (χ0n) is 21.1. The number of ether oxygens (including phenoxy) is 1. The Morgan fingerprint density at radius 2 is 1.87 bits per heavy atom. The molecule has 38 heavy (non-hydrogen) atoms. The molecule has 4 heterocycles. The van der Waals surface area contributed by atoms with Gasteiger partial charge in [-0.05, 0) is 62.3 Å². The van der Waals surface area contributed by atoms with Crippen molar-refractivity contribution in [2.75, 3.05) is 47.9 Å². The summed E-state index contributed by atoms with van der Waals surface area (Å²) < 4.78 is 18.2. The summed E-state index contributed by atoms with van der Waals surface area (Å²) in [6.45, 7) is 5.21. The molecule has 202 valence electrons. The van der Waals surface area contributed by atoms with Gasteiger partial charge in [0.05, 0.1) is 24.0 Å². The van der Waals surface area contributed by atoms with Crippen LogP contribution in [0.3, 0.4) is 0 Å². The molecule has 3 aliphatic rings. The Balaban J connectivity index is 1.42. The summed E-state index contributed by atoms with van der Waals surface area (Å²) >= 11 is 0. The average molecular weight is 528 g/mol.